The molecule has 0 fully saturated rings. The second-order valence-corrected chi connectivity index (χ2v) is 11.1. The molecule has 170 valence electrons. The van der Waals surface area contributed by atoms with Crippen LogP contribution in [0.2, 0.25) is 0 Å². The Hall–Kier alpha value is -2.17. The van der Waals surface area contributed by atoms with Crippen LogP contribution in [-0.4, -0.2) is 39.5 Å². The molecule has 3 heterocycles. The molecule has 1 aliphatic rings. The van der Waals surface area contributed by atoms with Crippen LogP contribution in [0.3, 0.4) is 0 Å². The molecule has 0 unspecified atom stereocenters. The smallest absolute Gasteiger partial charge is 0.340 e. The molecule has 1 N–H and O–H groups in total. The van der Waals surface area contributed by atoms with Crippen molar-refractivity contribution in [2.75, 3.05) is 18.2 Å². The number of methoxy groups -OCH3 is 1. The van der Waals surface area contributed by atoms with Gasteiger partial charge < -0.3 is 10.1 Å². The number of amides is 1. The average Bonchev–Trinajstić information content (AvgIpc) is 3.47. The molecule has 4 rings (SSSR count). The van der Waals surface area contributed by atoms with Crippen LogP contribution in [0.5, 0.6) is 0 Å². The maximum atomic E-state index is 12.6. The normalized spacial score (nSPS) is 13.3. The second-order valence-electron chi connectivity index (χ2n) is 7.96. The molecule has 0 saturated carbocycles. The van der Waals surface area contributed by atoms with E-state index in [-0.39, 0.29) is 17.7 Å². The van der Waals surface area contributed by atoms with Crippen molar-refractivity contribution in [3.63, 3.8) is 0 Å². The Morgan fingerprint density at radius 1 is 1.28 bits per heavy atom. The van der Waals surface area contributed by atoms with E-state index in [4.69, 9.17) is 4.74 Å². The van der Waals surface area contributed by atoms with Crippen LogP contribution >= 0.6 is 34.4 Å². The lowest BCUT2D eigenvalue weighted by molar-refractivity contribution is -0.113. The highest BCUT2D eigenvalue weighted by Gasteiger charge is 2.24. The van der Waals surface area contributed by atoms with Gasteiger partial charge in [0.05, 0.1) is 18.4 Å². The zero-order valence-corrected chi connectivity index (χ0v) is 21.0. The van der Waals surface area contributed by atoms with Gasteiger partial charge in [-0.2, -0.15) is 0 Å². The third-order valence-electron chi connectivity index (χ3n) is 5.33. The Kier molecular flexibility index (Phi) is 7.02. The number of thiophene rings is 2. The van der Waals surface area contributed by atoms with Crippen molar-refractivity contribution in [2.45, 2.75) is 57.7 Å². The highest BCUT2D eigenvalue weighted by Crippen LogP contribution is 2.38. The monoisotopic (exact) mass is 490 g/mol. The van der Waals surface area contributed by atoms with Gasteiger partial charge in [0.25, 0.3) is 0 Å². The number of esters is 1. The molecule has 10 heteroatoms. The summed E-state index contributed by atoms with van der Waals surface area (Å²) in [6.07, 6.45) is 4.70. The molecular weight excluding hydrogens is 464 g/mol. The molecule has 0 aromatic carbocycles. The van der Waals surface area contributed by atoms with Crippen LogP contribution in [-0.2, 0) is 22.4 Å². The maximum Gasteiger partial charge on any atom is 0.340 e. The predicted octanol–water partition coefficient (Wildman–Crippen LogP) is 5.35. The zero-order chi connectivity index (χ0) is 22.8. The number of aryl methyl sites for hydroxylation is 2. The average molecular weight is 491 g/mol. The molecule has 3 aromatic rings. The van der Waals surface area contributed by atoms with Crippen LogP contribution in [0, 0.1) is 6.92 Å². The van der Waals surface area contributed by atoms with Crippen molar-refractivity contribution in [1.82, 2.24) is 14.8 Å². The molecular formula is C22H26N4O3S3. The molecule has 3 aromatic heterocycles. The number of ether oxygens (including phenoxy) is 1. The highest BCUT2D eigenvalue weighted by atomic mass is 32.2. The summed E-state index contributed by atoms with van der Waals surface area (Å²) >= 11 is 4.53. The summed E-state index contributed by atoms with van der Waals surface area (Å²) in [5, 5.41) is 15.2. The van der Waals surface area contributed by atoms with Gasteiger partial charge in [-0.25, -0.2) is 4.79 Å². The zero-order valence-electron chi connectivity index (χ0n) is 18.6. The van der Waals surface area contributed by atoms with E-state index in [0.717, 1.165) is 28.7 Å². The summed E-state index contributed by atoms with van der Waals surface area (Å²) in [5.74, 6) is 0.393. The molecule has 0 bridgehead atoms. The van der Waals surface area contributed by atoms with E-state index < -0.39 is 5.97 Å². The number of aromatic nitrogens is 3. The minimum Gasteiger partial charge on any atom is -0.465 e. The Morgan fingerprint density at radius 2 is 2.06 bits per heavy atom. The summed E-state index contributed by atoms with van der Waals surface area (Å²) in [6.45, 7) is 6.09. The molecule has 32 heavy (non-hydrogen) atoms. The molecule has 0 saturated heterocycles. The summed E-state index contributed by atoms with van der Waals surface area (Å²) in [5.41, 5.74) is 2.97. The number of nitrogens with one attached hydrogen (secondary N) is 1. The van der Waals surface area contributed by atoms with E-state index in [1.807, 2.05) is 18.3 Å². The first kappa shape index (κ1) is 23.0. The first-order valence-electron chi connectivity index (χ1n) is 10.5. The van der Waals surface area contributed by atoms with E-state index >= 15 is 0 Å². The number of nitrogens with zero attached hydrogens (tertiary/aromatic N) is 3. The lowest BCUT2D eigenvalue weighted by Gasteiger charge is -2.16. The van der Waals surface area contributed by atoms with Crippen molar-refractivity contribution in [3.05, 3.63) is 32.3 Å². The number of carbonyl (C=O) groups excluding carboxylic acids is 2. The minimum absolute atomic E-state index is 0.163. The third kappa shape index (κ3) is 4.62. The van der Waals surface area contributed by atoms with Crippen molar-refractivity contribution >= 4 is 51.3 Å². The summed E-state index contributed by atoms with van der Waals surface area (Å²) in [6, 6.07) is 1.89. The van der Waals surface area contributed by atoms with Gasteiger partial charge in [-0.3, -0.25) is 9.36 Å². The largest absolute Gasteiger partial charge is 0.465 e. The van der Waals surface area contributed by atoms with Gasteiger partial charge in [0.1, 0.15) is 5.00 Å². The fraction of sp³-hybridized carbons (Fsp3) is 0.455. The molecule has 1 aliphatic carbocycles. The van der Waals surface area contributed by atoms with Crippen LogP contribution in [0.15, 0.2) is 16.6 Å². The van der Waals surface area contributed by atoms with Crippen LogP contribution in [0.1, 0.15) is 58.4 Å². The first-order valence-corrected chi connectivity index (χ1v) is 13.2. The highest BCUT2D eigenvalue weighted by molar-refractivity contribution is 7.99. The lowest BCUT2D eigenvalue weighted by Crippen LogP contribution is -2.16. The van der Waals surface area contributed by atoms with E-state index in [0.29, 0.717) is 10.6 Å². The lowest BCUT2D eigenvalue weighted by atomic mass is 9.95. The summed E-state index contributed by atoms with van der Waals surface area (Å²) in [4.78, 5) is 27.0. The van der Waals surface area contributed by atoms with Crippen LogP contribution in [0.4, 0.5) is 5.00 Å². The molecule has 7 nitrogen and oxygen atoms in total. The number of rotatable bonds is 7. The molecule has 0 radical (unpaired) electrons. The van der Waals surface area contributed by atoms with Gasteiger partial charge in [-0.15, -0.1) is 32.9 Å². The Morgan fingerprint density at radius 3 is 2.81 bits per heavy atom. The van der Waals surface area contributed by atoms with Crippen molar-refractivity contribution in [2.24, 2.45) is 0 Å². The Balaban J connectivity index is 1.50. The van der Waals surface area contributed by atoms with E-state index in [1.54, 1.807) is 6.07 Å². The molecule has 0 spiro atoms. The number of anilines is 1. The van der Waals surface area contributed by atoms with Gasteiger partial charge in [0, 0.05) is 26.7 Å². The Labute approximate surface area is 199 Å². The van der Waals surface area contributed by atoms with Crippen molar-refractivity contribution in [3.8, 4) is 11.4 Å². The third-order valence-corrected chi connectivity index (χ3v) is 8.33. The fourth-order valence-electron chi connectivity index (χ4n) is 3.87. The van der Waals surface area contributed by atoms with Crippen molar-refractivity contribution in [1.29, 1.82) is 0 Å². The second kappa shape index (κ2) is 9.76. The van der Waals surface area contributed by atoms with Crippen molar-refractivity contribution < 1.29 is 14.3 Å². The standard InChI is InChI=1S/C22H26N4O3S3/c1-12(2)26-19(16-10-30-17-8-6-5-7-14(16)17)24-25-22(26)31-11-18(27)23-20-15(21(28)29-4)9-13(3)32-20/h9-10,12H,5-8,11H2,1-4H3,(H,23,27). The summed E-state index contributed by atoms with van der Waals surface area (Å²) in [7, 11) is 1.33. The van der Waals surface area contributed by atoms with Gasteiger partial charge in [-0.1, -0.05) is 11.8 Å². The van der Waals surface area contributed by atoms with Crippen LogP contribution in [0.25, 0.3) is 11.4 Å². The maximum absolute atomic E-state index is 12.6. The van der Waals surface area contributed by atoms with Gasteiger partial charge in [0.2, 0.25) is 5.91 Å². The first-order chi connectivity index (χ1) is 15.4. The van der Waals surface area contributed by atoms with Gasteiger partial charge in [-0.05, 0) is 58.1 Å². The number of thioether (sulfide) groups is 1. The van der Waals surface area contributed by atoms with Crippen LogP contribution < -0.4 is 5.32 Å². The van der Waals surface area contributed by atoms with Gasteiger partial charge >= 0.3 is 5.97 Å². The fourth-order valence-corrected chi connectivity index (χ4v) is 6.77. The number of fused-ring (bicyclic) bond motifs is 1. The molecule has 0 atom stereocenters. The Bertz CT molecular complexity index is 1150. The predicted molar refractivity (Wildman–Crippen MR) is 130 cm³/mol. The van der Waals surface area contributed by atoms with E-state index in [2.05, 4.69) is 39.3 Å². The minimum atomic E-state index is -0.458. The molecule has 1 amide bonds. The molecule has 0 aliphatic heterocycles. The number of hydrogen-bond acceptors (Lipinski definition) is 8. The summed E-state index contributed by atoms with van der Waals surface area (Å²) < 4.78 is 6.93. The van der Waals surface area contributed by atoms with E-state index in [1.165, 1.54) is 59.1 Å². The SMILES string of the molecule is COC(=O)c1cc(C)sc1NC(=O)CSc1nnc(-c2csc3c2CCCC3)n1C(C)C. The van der Waals surface area contributed by atoms with Gasteiger partial charge in [0.15, 0.2) is 11.0 Å². The topological polar surface area (TPSA) is 86.1 Å². The quantitative estimate of drug-likeness (QED) is 0.355. The number of carbonyl (C=O) groups is 2. The number of hydrogen-bond donors (Lipinski definition) is 1. The van der Waals surface area contributed by atoms with E-state index in [9.17, 15) is 9.59 Å².